The largest absolute Gasteiger partial charge is 0.489 e. The summed E-state index contributed by atoms with van der Waals surface area (Å²) in [6.45, 7) is 11.7. The lowest BCUT2D eigenvalue weighted by molar-refractivity contribution is 0.243. The quantitative estimate of drug-likeness (QED) is 0.853. The van der Waals surface area contributed by atoms with E-state index in [0.29, 0.717) is 0 Å². The molecule has 0 saturated carbocycles. The number of allylic oxidation sites excluding steroid dienone is 1. The van der Waals surface area contributed by atoms with E-state index in [1.54, 1.807) is 5.55 Å². The van der Waals surface area contributed by atoms with Gasteiger partial charge in [0, 0.05) is 11.9 Å². The van der Waals surface area contributed by atoms with Gasteiger partial charge in [-0.1, -0.05) is 24.4 Å². The van der Waals surface area contributed by atoms with Crippen molar-refractivity contribution in [2.75, 3.05) is 5.32 Å². The maximum atomic E-state index is 5.89. The van der Waals surface area contributed by atoms with Crippen LogP contribution in [0.4, 0.5) is 5.69 Å². The maximum absolute atomic E-state index is 5.89. The molecule has 116 valence electrons. The molecule has 1 heterocycles. The normalized spacial score (nSPS) is 18.0. The molecule has 1 aliphatic rings. The average molecular weight is 315 g/mol. The number of nitrogens with one attached hydrogen (secondary N) is 1. The Morgan fingerprint density at radius 1 is 1.45 bits per heavy atom. The Kier molecular flexibility index (Phi) is 5.44. The average Bonchev–Trinajstić information content (AvgIpc) is 2.90. The highest BCUT2D eigenvalue weighted by Crippen LogP contribution is 2.30. The smallest absolute Gasteiger partial charge is 0.143 e. The minimum absolute atomic E-state index is 0.119. The van der Waals surface area contributed by atoms with Crippen molar-refractivity contribution in [3.8, 4) is 5.75 Å². The van der Waals surface area contributed by atoms with E-state index in [-0.39, 0.29) is 6.10 Å². The lowest BCUT2D eigenvalue weighted by Gasteiger charge is -2.17. The van der Waals surface area contributed by atoms with Gasteiger partial charge in [0.25, 0.3) is 0 Å². The molecule has 0 unspecified atom stereocenters. The van der Waals surface area contributed by atoms with Crippen LogP contribution in [0.1, 0.15) is 26.3 Å². The molecule has 0 amide bonds. The summed E-state index contributed by atoms with van der Waals surface area (Å²) in [5.41, 5.74) is 5.63. The van der Waals surface area contributed by atoms with Gasteiger partial charge in [-0.05, 0) is 45.4 Å². The van der Waals surface area contributed by atoms with Gasteiger partial charge in [-0.15, -0.1) is 0 Å². The van der Waals surface area contributed by atoms with Crippen LogP contribution < -0.4 is 10.1 Å². The number of benzene rings is 1. The SMILES string of the molecule is C=C/N=C1/SC=N/C1=C(/C)Nc1ccc(C)cc1OC(C)C. The van der Waals surface area contributed by atoms with E-state index in [0.717, 1.165) is 33.4 Å². The van der Waals surface area contributed by atoms with Crippen LogP contribution in [0.15, 0.2) is 52.4 Å². The first-order valence-electron chi connectivity index (χ1n) is 7.14. The highest BCUT2D eigenvalue weighted by molar-refractivity contribution is 8.26. The van der Waals surface area contributed by atoms with E-state index in [4.69, 9.17) is 4.74 Å². The molecule has 0 bridgehead atoms. The Morgan fingerprint density at radius 2 is 2.23 bits per heavy atom. The zero-order chi connectivity index (χ0) is 16.1. The first kappa shape index (κ1) is 16.4. The molecule has 5 heteroatoms. The number of rotatable bonds is 5. The molecule has 0 saturated heterocycles. The lowest BCUT2D eigenvalue weighted by Crippen LogP contribution is -2.09. The van der Waals surface area contributed by atoms with Crippen molar-refractivity contribution in [2.24, 2.45) is 9.98 Å². The van der Waals surface area contributed by atoms with Gasteiger partial charge in [0.05, 0.1) is 17.3 Å². The summed E-state index contributed by atoms with van der Waals surface area (Å²) in [5.74, 6) is 0.840. The number of aryl methyl sites for hydroxylation is 1. The van der Waals surface area contributed by atoms with E-state index in [1.165, 1.54) is 18.0 Å². The van der Waals surface area contributed by atoms with Gasteiger partial charge < -0.3 is 10.1 Å². The fraction of sp³-hybridized carbons (Fsp3) is 0.294. The zero-order valence-electron chi connectivity index (χ0n) is 13.4. The number of aliphatic imine (C=N–C) groups is 2. The van der Waals surface area contributed by atoms with Crippen molar-refractivity contribution >= 4 is 28.0 Å². The van der Waals surface area contributed by atoms with Crippen molar-refractivity contribution in [1.29, 1.82) is 0 Å². The maximum Gasteiger partial charge on any atom is 0.143 e. The standard InChI is InChI=1S/C17H21N3OS/c1-6-18-17-16(19-10-22-17)13(5)20-14-8-7-12(4)9-15(14)21-11(2)3/h6-11,20H,1H2,2-5H3/b16-13-,18-17+. The lowest BCUT2D eigenvalue weighted by atomic mass is 10.2. The van der Waals surface area contributed by atoms with Gasteiger partial charge in [-0.2, -0.15) is 0 Å². The van der Waals surface area contributed by atoms with Gasteiger partial charge >= 0.3 is 0 Å². The number of anilines is 1. The molecule has 0 aromatic heterocycles. The first-order chi connectivity index (χ1) is 10.5. The summed E-state index contributed by atoms with van der Waals surface area (Å²) in [6.07, 6.45) is 1.65. The number of thioether (sulfide) groups is 1. The van der Waals surface area contributed by atoms with Gasteiger partial charge in [-0.3, -0.25) is 0 Å². The Balaban J connectivity index is 2.32. The van der Waals surface area contributed by atoms with E-state index in [9.17, 15) is 0 Å². The van der Waals surface area contributed by atoms with Gasteiger partial charge in [0.1, 0.15) is 16.5 Å². The third-order valence-corrected chi connectivity index (χ3v) is 3.67. The summed E-state index contributed by atoms with van der Waals surface area (Å²) in [4.78, 5) is 8.62. The Morgan fingerprint density at radius 3 is 2.91 bits per heavy atom. The van der Waals surface area contributed by atoms with Crippen LogP contribution in [-0.2, 0) is 0 Å². The summed E-state index contributed by atoms with van der Waals surface area (Å²) in [5, 5.41) is 4.23. The monoisotopic (exact) mass is 315 g/mol. The molecule has 1 aliphatic heterocycles. The van der Waals surface area contributed by atoms with Gasteiger partial charge in [0.2, 0.25) is 0 Å². The predicted octanol–water partition coefficient (Wildman–Crippen LogP) is 4.74. The number of hydrogen-bond acceptors (Lipinski definition) is 5. The molecular weight excluding hydrogens is 294 g/mol. The minimum Gasteiger partial charge on any atom is -0.489 e. The molecule has 1 N–H and O–H groups in total. The third kappa shape index (κ3) is 4.01. The van der Waals surface area contributed by atoms with Crippen LogP contribution in [0.3, 0.4) is 0 Å². The predicted molar refractivity (Wildman–Crippen MR) is 97.0 cm³/mol. The first-order valence-corrected chi connectivity index (χ1v) is 8.02. The van der Waals surface area contributed by atoms with E-state index >= 15 is 0 Å². The minimum atomic E-state index is 0.119. The Hall–Kier alpha value is -2.01. The van der Waals surface area contributed by atoms with E-state index < -0.39 is 0 Å². The fourth-order valence-corrected chi connectivity index (χ4v) is 2.73. The second kappa shape index (κ2) is 7.31. The number of ether oxygens (including phenoxy) is 1. The molecule has 1 aromatic rings. The highest BCUT2D eigenvalue weighted by atomic mass is 32.2. The third-order valence-electron chi connectivity index (χ3n) is 2.93. The van der Waals surface area contributed by atoms with Crippen molar-refractivity contribution in [3.63, 3.8) is 0 Å². The van der Waals surface area contributed by atoms with Crippen LogP contribution in [0.5, 0.6) is 5.75 Å². The van der Waals surface area contributed by atoms with E-state index in [2.05, 4.69) is 34.9 Å². The summed E-state index contributed by atoms with van der Waals surface area (Å²) in [6, 6.07) is 6.11. The van der Waals surface area contributed by atoms with Crippen molar-refractivity contribution in [1.82, 2.24) is 0 Å². The fourth-order valence-electron chi connectivity index (χ4n) is 2.02. The molecule has 0 aliphatic carbocycles. The molecule has 0 fully saturated rings. The van der Waals surface area contributed by atoms with Crippen molar-refractivity contribution in [2.45, 2.75) is 33.8 Å². The second-order valence-corrected chi connectivity index (χ2v) is 6.07. The summed E-state index contributed by atoms with van der Waals surface area (Å²) in [7, 11) is 0. The van der Waals surface area contributed by atoms with Crippen molar-refractivity contribution < 1.29 is 4.74 Å². The highest BCUT2D eigenvalue weighted by Gasteiger charge is 2.16. The van der Waals surface area contributed by atoms with Crippen LogP contribution in [0.25, 0.3) is 0 Å². The Bertz CT molecular complexity index is 660. The van der Waals surface area contributed by atoms with Gasteiger partial charge in [-0.25, -0.2) is 9.98 Å². The number of hydrogen-bond donors (Lipinski definition) is 1. The van der Waals surface area contributed by atoms with E-state index in [1.807, 2.05) is 32.9 Å². The molecule has 22 heavy (non-hydrogen) atoms. The molecule has 4 nitrogen and oxygen atoms in total. The van der Waals surface area contributed by atoms with Crippen LogP contribution >= 0.6 is 11.8 Å². The summed E-state index contributed by atoms with van der Waals surface area (Å²) >= 11 is 1.49. The molecule has 0 spiro atoms. The van der Waals surface area contributed by atoms with Crippen molar-refractivity contribution in [3.05, 3.63) is 47.9 Å². The second-order valence-electron chi connectivity index (χ2n) is 5.23. The molecule has 0 radical (unpaired) electrons. The topological polar surface area (TPSA) is 46.0 Å². The molecule has 1 aromatic carbocycles. The van der Waals surface area contributed by atoms with Crippen LogP contribution in [-0.4, -0.2) is 16.7 Å². The van der Waals surface area contributed by atoms with Gasteiger partial charge in [0.15, 0.2) is 0 Å². The van der Waals surface area contributed by atoms with Crippen LogP contribution in [0.2, 0.25) is 0 Å². The summed E-state index contributed by atoms with van der Waals surface area (Å²) < 4.78 is 5.89. The van der Waals surface area contributed by atoms with Crippen LogP contribution in [0, 0.1) is 6.92 Å². The molecule has 0 atom stereocenters. The zero-order valence-corrected chi connectivity index (χ0v) is 14.2. The number of nitrogens with zero attached hydrogens (tertiary/aromatic N) is 2. The molecule has 2 rings (SSSR count). The molecular formula is C17H21N3OS. The Labute approximate surface area is 136 Å².